The standard InChI is InChI=1S/C23H30F2N4O2.HI/c1-26-23(27-10-8-16-4-7-21(30-2)22(12-16)31-3)28-14-17-9-11-29(15-17)18-5-6-19(24)20(25)13-18;/h4-7,12-13,17H,8-11,14-15H2,1-3H3,(H2,26,27,28);1H. The van der Waals surface area contributed by atoms with Gasteiger partial charge < -0.3 is 25.0 Å². The molecule has 3 rings (SSSR count). The lowest BCUT2D eigenvalue weighted by Gasteiger charge is -2.19. The molecule has 0 radical (unpaired) electrons. The van der Waals surface area contributed by atoms with Crippen LogP contribution in [-0.2, 0) is 6.42 Å². The average Bonchev–Trinajstić information content (AvgIpc) is 3.26. The van der Waals surface area contributed by atoms with Crippen molar-refractivity contribution in [3.63, 3.8) is 0 Å². The van der Waals surface area contributed by atoms with E-state index in [0.29, 0.717) is 17.4 Å². The van der Waals surface area contributed by atoms with E-state index in [1.165, 1.54) is 12.1 Å². The topological polar surface area (TPSA) is 58.1 Å². The molecule has 1 saturated heterocycles. The molecular formula is C23H31F2IN4O2. The second-order valence-electron chi connectivity index (χ2n) is 7.52. The summed E-state index contributed by atoms with van der Waals surface area (Å²) in [6.45, 7) is 3.10. The molecule has 9 heteroatoms. The molecule has 1 atom stereocenters. The van der Waals surface area contributed by atoms with E-state index in [4.69, 9.17) is 9.47 Å². The molecule has 1 aliphatic rings. The summed E-state index contributed by atoms with van der Waals surface area (Å²) >= 11 is 0. The monoisotopic (exact) mass is 560 g/mol. The van der Waals surface area contributed by atoms with Crippen molar-refractivity contribution in [2.75, 3.05) is 52.3 Å². The summed E-state index contributed by atoms with van der Waals surface area (Å²) in [4.78, 5) is 6.37. The highest BCUT2D eigenvalue weighted by Gasteiger charge is 2.23. The molecule has 1 fully saturated rings. The lowest BCUT2D eigenvalue weighted by atomic mass is 10.1. The van der Waals surface area contributed by atoms with Crippen LogP contribution in [0.2, 0.25) is 0 Å². The summed E-state index contributed by atoms with van der Waals surface area (Å²) < 4.78 is 37.3. The number of nitrogens with zero attached hydrogens (tertiary/aromatic N) is 2. The van der Waals surface area contributed by atoms with Gasteiger partial charge in [-0.25, -0.2) is 8.78 Å². The van der Waals surface area contributed by atoms with Gasteiger partial charge >= 0.3 is 0 Å². The van der Waals surface area contributed by atoms with Gasteiger partial charge in [-0.2, -0.15) is 0 Å². The van der Waals surface area contributed by atoms with Crippen molar-refractivity contribution in [2.24, 2.45) is 10.9 Å². The SMILES string of the molecule is CN=C(NCCc1ccc(OC)c(OC)c1)NCC1CCN(c2ccc(F)c(F)c2)C1.I. The van der Waals surface area contributed by atoms with Crippen LogP contribution in [0.25, 0.3) is 0 Å². The van der Waals surface area contributed by atoms with Gasteiger partial charge in [0.25, 0.3) is 0 Å². The van der Waals surface area contributed by atoms with E-state index in [2.05, 4.69) is 20.5 Å². The number of benzene rings is 2. The largest absolute Gasteiger partial charge is 0.493 e. The van der Waals surface area contributed by atoms with Gasteiger partial charge in [0.05, 0.1) is 14.2 Å². The maximum Gasteiger partial charge on any atom is 0.190 e. The summed E-state index contributed by atoms with van der Waals surface area (Å²) in [5.41, 5.74) is 1.86. The highest BCUT2D eigenvalue weighted by atomic mass is 127. The van der Waals surface area contributed by atoms with Crippen LogP contribution in [-0.4, -0.2) is 53.4 Å². The Hall–Kier alpha value is -2.30. The summed E-state index contributed by atoms with van der Waals surface area (Å²) in [6.07, 6.45) is 1.79. The average molecular weight is 560 g/mol. The molecule has 2 aromatic rings. The third-order valence-corrected chi connectivity index (χ3v) is 5.49. The number of aliphatic imine (C=N–C) groups is 1. The molecule has 0 amide bonds. The first-order valence-electron chi connectivity index (χ1n) is 10.4. The zero-order valence-electron chi connectivity index (χ0n) is 18.7. The van der Waals surface area contributed by atoms with Gasteiger partial charge in [-0.3, -0.25) is 4.99 Å². The number of hydrogen-bond acceptors (Lipinski definition) is 4. The number of ether oxygens (including phenoxy) is 2. The van der Waals surface area contributed by atoms with Crippen LogP contribution in [0.5, 0.6) is 11.5 Å². The van der Waals surface area contributed by atoms with Gasteiger partial charge in [0.1, 0.15) is 0 Å². The molecule has 1 aliphatic heterocycles. The van der Waals surface area contributed by atoms with E-state index in [-0.39, 0.29) is 24.0 Å². The van der Waals surface area contributed by atoms with Crippen LogP contribution in [0.1, 0.15) is 12.0 Å². The molecular weight excluding hydrogens is 529 g/mol. The van der Waals surface area contributed by atoms with Crippen molar-refractivity contribution in [1.82, 2.24) is 10.6 Å². The van der Waals surface area contributed by atoms with Crippen LogP contribution >= 0.6 is 24.0 Å². The Morgan fingerprint density at radius 3 is 2.53 bits per heavy atom. The van der Waals surface area contributed by atoms with Gasteiger partial charge in [0, 0.05) is 45.0 Å². The fourth-order valence-electron chi connectivity index (χ4n) is 3.74. The molecule has 0 aromatic heterocycles. The van der Waals surface area contributed by atoms with Crippen molar-refractivity contribution in [2.45, 2.75) is 12.8 Å². The molecule has 2 N–H and O–H groups in total. The van der Waals surface area contributed by atoms with Crippen molar-refractivity contribution in [3.05, 3.63) is 53.6 Å². The second kappa shape index (κ2) is 12.7. The van der Waals surface area contributed by atoms with Gasteiger partial charge in [-0.15, -0.1) is 24.0 Å². The van der Waals surface area contributed by atoms with Crippen molar-refractivity contribution < 1.29 is 18.3 Å². The zero-order valence-corrected chi connectivity index (χ0v) is 21.0. The van der Waals surface area contributed by atoms with Gasteiger partial charge in [0.15, 0.2) is 29.1 Å². The van der Waals surface area contributed by atoms with Crippen LogP contribution in [0.3, 0.4) is 0 Å². The number of anilines is 1. The molecule has 0 spiro atoms. The Morgan fingerprint density at radius 2 is 1.84 bits per heavy atom. The fraction of sp³-hybridized carbons (Fsp3) is 0.435. The molecule has 6 nitrogen and oxygen atoms in total. The lowest BCUT2D eigenvalue weighted by Crippen LogP contribution is -2.41. The quantitative estimate of drug-likeness (QED) is 0.292. The zero-order chi connectivity index (χ0) is 22.2. The first-order chi connectivity index (χ1) is 15.0. The minimum absolute atomic E-state index is 0. The van der Waals surface area contributed by atoms with E-state index in [0.717, 1.165) is 56.2 Å². The van der Waals surface area contributed by atoms with E-state index in [9.17, 15) is 8.78 Å². The van der Waals surface area contributed by atoms with Gasteiger partial charge in [-0.1, -0.05) is 6.07 Å². The summed E-state index contributed by atoms with van der Waals surface area (Å²) in [5, 5.41) is 6.69. The number of nitrogens with one attached hydrogen (secondary N) is 2. The molecule has 176 valence electrons. The second-order valence-corrected chi connectivity index (χ2v) is 7.52. The summed E-state index contributed by atoms with van der Waals surface area (Å²) in [5.74, 6) is 0.951. The van der Waals surface area contributed by atoms with E-state index in [1.54, 1.807) is 27.3 Å². The van der Waals surface area contributed by atoms with Crippen molar-refractivity contribution >= 4 is 35.6 Å². The lowest BCUT2D eigenvalue weighted by molar-refractivity contribution is 0.354. The van der Waals surface area contributed by atoms with Crippen LogP contribution < -0.4 is 25.0 Å². The number of hydrogen-bond donors (Lipinski definition) is 2. The predicted molar refractivity (Wildman–Crippen MR) is 135 cm³/mol. The van der Waals surface area contributed by atoms with Gasteiger partial charge in [0.2, 0.25) is 0 Å². The Bertz CT molecular complexity index is 914. The van der Waals surface area contributed by atoms with Crippen molar-refractivity contribution in [3.8, 4) is 11.5 Å². The Kier molecular flexibility index (Phi) is 10.3. The highest BCUT2D eigenvalue weighted by Crippen LogP contribution is 2.27. The fourth-order valence-corrected chi connectivity index (χ4v) is 3.74. The molecule has 0 saturated carbocycles. The summed E-state index contributed by atoms with van der Waals surface area (Å²) in [6, 6.07) is 9.97. The molecule has 2 aromatic carbocycles. The third kappa shape index (κ3) is 6.85. The predicted octanol–water partition coefficient (Wildman–Crippen LogP) is 3.83. The van der Waals surface area contributed by atoms with E-state index >= 15 is 0 Å². The Balaban J connectivity index is 0.00000363. The molecule has 1 heterocycles. The number of halogens is 3. The van der Waals surface area contributed by atoms with E-state index < -0.39 is 11.6 Å². The van der Waals surface area contributed by atoms with E-state index in [1.807, 2.05) is 18.2 Å². The molecule has 0 aliphatic carbocycles. The number of methoxy groups -OCH3 is 2. The first-order valence-corrected chi connectivity index (χ1v) is 10.4. The van der Waals surface area contributed by atoms with Crippen LogP contribution in [0, 0.1) is 17.6 Å². The highest BCUT2D eigenvalue weighted by molar-refractivity contribution is 14.0. The Morgan fingerprint density at radius 1 is 1.06 bits per heavy atom. The first kappa shape index (κ1) is 26.0. The Labute approximate surface area is 205 Å². The maximum absolute atomic E-state index is 13.5. The third-order valence-electron chi connectivity index (χ3n) is 5.49. The minimum atomic E-state index is -0.816. The molecule has 32 heavy (non-hydrogen) atoms. The normalized spacial score (nSPS) is 15.8. The van der Waals surface area contributed by atoms with Crippen molar-refractivity contribution in [1.29, 1.82) is 0 Å². The molecule has 1 unspecified atom stereocenters. The van der Waals surface area contributed by atoms with Gasteiger partial charge in [-0.05, 0) is 48.6 Å². The number of guanidine groups is 1. The summed E-state index contributed by atoms with van der Waals surface area (Å²) in [7, 11) is 4.99. The van der Waals surface area contributed by atoms with Crippen LogP contribution in [0.15, 0.2) is 41.4 Å². The number of rotatable bonds is 8. The minimum Gasteiger partial charge on any atom is -0.493 e. The molecule has 0 bridgehead atoms. The smallest absolute Gasteiger partial charge is 0.190 e. The maximum atomic E-state index is 13.5. The van der Waals surface area contributed by atoms with Crippen LogP contribution in [0.4, 0.5) is 14.5 Å².